The summed E-state index contributed by atoms with van der Waals surface area (Å²) >= 11 is 0. The Kier molecular flexibility index (Phi) is 4.52. The van der Waals surface area contributed by atoms with Gasteiger partial charge in [-0.15, -0.1) is 0 Å². The summed E-state index contributed by atoms with van der Waals surface area (Å²) in [6.45, 7) is 0. The van der Waals surface area contributed by atoms with Gasteiger partial charge in [-0.1, -0.05) is 36.4 Å². The van der Waals surface area contributed by atoms with E-state index in [0.717, 1.165) is 0 Å². The highest BCUT2D eigenvalue weighted by molar-refractivity contribution is 5.96. The Morgan fingerprint density at radius 3 is 2.54 bits per heavy atom. The maximum Gasteiger partial charge on any atom is 0.294 e. The van der Waals surface area contributed by atoms with Crippen LogP contribution in [0, 0.1) is 11.7 Å². The normalized spacial score (nSPS) is 17.8. The number of aromatic nitrogens is 2. The Morgan fingerprint density at radius 2 is 1.79 bits per heavy atom. The number of nitrogens with one attached hydrogen (secondary N) is 2. The van der Waals surface area contributed by atoms with E-state index in [1.165, 1.54) is 16.9 Å². The molecule has 2 atom stereocenters. The van der Waals surface area contributed by atoms with Crippen molar-refractivity contribution in [2.75, 3.05) is 0 Å². The Labute approximate surface area is 159 Å². The molecule has 1 heterocycles. The van der Waals surface area contributed by atoms with Crippen molar-refractivity contribution in [2.24, 2.45) is 5.92 Å². The van der Waals surface area contributed by atoms with Gasteiger partial charge in [0.25, 0.3) is 5.91 Å². The number of carbonyl (C=O) groups excluding carboxylic acids is 2. The number of aromatic hydroxyl groups is 1. The molecule has 8 heteroatoms. The molecule has 2 unspecified atom stereocenters. The number of benzene rings is 2. The second kappa shape index (κ2) is 7.15. The largest absolute Gasteiger partial charge is 0.504 e. The second-order valence-electron chi connectivity index (χ2n) is 6.56. The van der Waals surface area contributed by atoms with Gasteiger partial charge in [0.2, 0.25) is 5.91 Å². The summed E-state index contributed by atoms with van der Waals surface area (Å²) in [6.07, 6.45) is 1.82. The van der Waals surface area contributed by atoms with Crippen molar-refractivity contribution in [1.82, 2.24) is 20.6 Å². The highest BCUT2D eigenvalue weighted by atomic mass is 19.1. The molecule has 0 bridgehead atoms. The minimum atomic E-state index is -0.747. The molecule has 142 valence electrons. The highest BCUT2D eigenvalue weighted by Crippen LogP contribution is 2.48. The highest BCUT2D eigenvalue weighted by Gasteiger charge is 2.45. The van der Waals surface area contributed by atoms with Crippen molar-refractivity contribution in [3.63, 3.8) is 0 Å². The van der Waals surface area contributed by atoms with Crippen LogP contribution in [0.1, 0.15) is 28.4 Å². The third kappa shape index (κ3) is 3.44. The molecule has 2 aromatic carbocycles. The molecule has 2 amide bonds. The van der Waals surface area contributed by atoms with Crippen LogP contribution in [-0.4, -0.2) is 26.7 Å². The number of carbonyl (C=O) groups is 2. The van der Waals surface area contributed by atoms with Gasteiger partial charge in [-0.05, 0) is 36.1 Å². The lowest BCUT2D eigenvalue weighted by Gasteiger charge is -2.06. The smallest absolute Gasteiger partial charge is 0.294 e. The SMILES string of the molecule is O=C(NNC(=O)C1CC1c1ccccc1F)c1nn(-c2ccccc2)cc1O. The van der Waals surface area contributed by atoms with E-state index in [0.29, 0.717) is 17.7 Å². The zero-order valence-electron chi connectivity index (χ0n) is 14.7. The first-order valence-electron chi connectivity index (χ1n) is 8.73. The molecular formula is C20H17FN4O3. The van der Waals surface area contributed by atoms with Gasteiger partial charge in [-0.25, -0.2) is 9.07 Å². The predicted octanol–water partition coefficient (Wildman–Crippen LogP) is 2.28. The molecule has 1 fully saturated rings. The fourth-order valence-electron chi connectivity index (χ4n) is 3.11. The van der Waals surface area contributed by atoms with Crippen molar-refractivity contribution in [3.05, 3.63) is 77.9 Å². The monoisotopic (exact) mass is 380 g/mol. The Bertz CT molecular complexity index is 1030. The van der Waals surface area contributed by atoms with E-state index in [1.54, 1.807) is 42.5 Å². The topological polar surface area (TPSA) is 96.3 Å². The number of amides is 2. The number of hydrogen-bond donors (Lipinski definition) is 3. The van der Waals surface area contributed by atoms with E-state index in [9.17, 15) is 19.1 Å². The molecule has 0 aliphatic heterocycles. The van der Waals surface area contributed by atoms with Gasteiger partial charge in [0.1, 0.15) is 5.82 Å². The average molecular weight is 380 g/mol. The Balaban J connectivity index is 1.37. The maximum absolute atomic E-state index is 13.8. The van der Waals surface area contributed by atoms with E-state index in [1.807, 2.05) is 6.07 Å². The van der Waals surface area contributed by atoms with E-state index < -0.39 is 17.7 Å². The maximum atomic E-state index is 13.8. The van der Waals surface area contributed by atoms with E-state index in [2.05, 4.69) is 16.0 Å². The molecule has 28 heavy (non-hydrogen) atoms. The molecular weight excluding hydrogens is 363 g/mol. The molecule has 1 aliphatic rings. The zero-order valence-corrected chi connectivity index (χ0v) is 14.7. The number of rotatable bonds is 4. The first-order valence-corrected chi connectivity index (χ1v) is 8.73. The van der Waals surface area contributed by atoms with Crippen LogP contribution in [-0.2, 0) is 4.79 Å². The molecule has 1 aromatic heterocycles. The average Bonchev–Trinajstić information content (AvgIpc) is 3.41. The van der Waals surface area contributed by atoms with E-state index in [4.69, 9.17) is 0 Å². The van der Waals surface area contributed by atoms with Gasteiger partial charge in [-0.2, -0.15) is 5.10 Å². The molecule has 1 aliphatic carbocycles. The van der Waals surface area contributed by atoms with Gasteiger partial charge >= 0.3 is 0 Å². The summed E-state index contributed by atoms with van der Waals surface area (Å²) in [5.41, 5.74) is 5.51. The van der Waals surface area contributed by atoms with Crippen LogP contribution in [0.15, 0.2) is 60.8 Å². The van der Waals surface area contributed by atoms with Crippen molar-refractivity contribution >= 4 is 11.8 Å². The molecule has 3 N–H and O–H groups in total. The van der Waals surface area contributed by atoms with Gasteiger partial charge < -0.3 is 5.11 Å². The summed E-state index contributed by atoms with van der Waals surface area (Å²) in [6, 6.07) is 15.3. The van der Waals surface area contributed by atoms with Crippen molar-refractivity contribution in [1.29, 1.82) is 0 Å². The van der Waals surface area contributed by atoms with Crippen molar-refractivity contribution < 1.29 is 19.1 Å². The van der Waals surface area contributed by atoms with Crippen LogP contribution in [0.2, 0.25) is 0 Å². The number of hydrogen-bond acceptors (Lipinski definition) is 4. The third-order valence-electron chi connectivity index (χ3n) is 4.66. The lowest BCUT2D eigenvalue weighted by molar-refractivity contribution is -0.123. The predicted molar refractivity (Wildman–Crippen MR) is 98.1 cm³/mol. The van der Waals surface area contributed by atoms with Crippen molar-refractivity contribution in [2.45, 2.75) is 12.3 Å². The number of para-hydroxylation sites is 1. The van der Waals surface area contributed by atoms with Crippen LogP contribution < -0.4 is 10.9 Å². The lowest BCUT2D eigenvalue weighted by Crippen LogP contribution is -2.42. The van der Waals surface area contributed by atoms with E-state index in [-0.39, 0.29) is 23.2 Å². The lowest BCUT2D eigenvalue weighted by atomic mass is 10.1. The fourth-order valence-corrected chi connectivity index (χ4v) is 3.11. The molecule has 0 radical (unpaired) electrons. The summed E-state index contributed by atoms with van der Waals surface area (Å²) in [5.74, 6) is -2.43. The third-order valence-corrected chi connectivity index (χ3v) is 4.66. The van der Waals surface area contributed by atoms with Crippen LogP contribution in [0.25, 0.3) is 5.69 Å². The van der Waals surface area contributed by atoms with Gasteiger partial charge in [0, 0.05) is 5.92 Å². The molecule has 0 spiro atoms. The zero-order chi connectivity index (χ0) is 19.7. The molecule has 3 aromatic rings. The Morgan fingerprint density at radius 1 is 1.07 bits per heavy atom. The van der Waals surface area contributed by atoms with Crippen LogP contribution in [0.3, 0.4) is 0 Å². The fraction of sp³-hybridized carbons (Fsp3) is 0.150. The summed E-state index contributed by atoms with van der Waals surface area (Å²) in [4.78, 5) is 24.5. The first-order chi connectivity index (χ1) is 13.5. The molecule has 4 rings (SSSR count). The van der Waals surface area contributed by atoms with Gasteiger partial charge in [0.05, 0.1) is 11.9 Å². The van der Waals surface area contributed by atoms with Crippen molar-refractivity contribution in [3.8, 4) is 11.4 Å². The summed E-state index contributed by atoms with van der Waals surface area (Å²) in [5, 5.41) is 14.0. The van der Waals surface area contributed by atoms with Crippen LogP contribution in [0.4, 0.5) is 4.39 Å². The number of nitrogens with zero attached hydrogens (tertiary/aromatic N) is 2. The minimum Gasteiger partial charge on any atom is -0.504 e. The summed E-state index contributed by atoms with van der Waals surface area (Å²) < 4.78 is 15.2. The molecule has 0 saturated heterocycles. The summed E-state index contributed by atoms with van der Waals surface area (Å²) in [7, 11) is 0. The number of halogens is 1. The second-order valence-corrected chi connectivity index (χ2v) is 6.56. The Hall–Kier alpha value is -3.68. The standard InChI is InChI=1S/C20H17FN4O3/c21-16-9-5-4-8-13(16)14-10-15(14)19(27)22-23-20(28)18-17(26)11-25(24-18)12-6-2-1-3-7-12/h1-9,11,14-15,26H,10H2,(H,22,27)(H,23,28). The molecule has 1 saturated carbocycles. The van der Waals surface area contributed by atoms with Gasteiger partial charge in [-0.3, -0.25) is 20.4 Å². The quantitative estimate of drug-likeness (QED) is 0.605. The van der Waals surface area contributed by atoms with Crippen LogP contribution in [0.5, 0.6) is 5.75 Å². The van der Waals surface area contributed by atoms with Crippen LogP contribution >= 0.6 is 0 Å². The minimum absolute atomic E-state index is 0.205. The van der Waals surface area contributed by atoms with E-state index >= 15 is 0 Å². The van der Waals surface area contributed by atoms with Gasteiger partial charge in [0.15, 0.2) is 11.4 Å². The first kappa shape index (κ1) is 17.7. The number of hydrazine groups is 1. The molecule has 7 nitrogen and oxygen atoms in total.